The number of anilines is 1. The lowest BCUT2D eigenvalue weighted by atomic mass is 10.2. The molecule has 1 N–H and O–H groups in total. The van der Waals surface area contributed by atoms with Gasteiger partial charge in [0.1, 0.15) is 5.56 Å². The van der Waals surface area contributed by atoms with Crippen LogP contribution in [0.3, 0.4) is 0 Å². The van der Waals surface area contributed by atoms with Crippen molar-refractivity contribution in [1.82, 2.24) is 0 Å². The van der Waals surface area contributed by atoms with Crippen molar-refractivity contribution >= 4 is 46.8 Å². The van der Waals surface area contributed by atoms with E-state index >= 15 is 0 Å². The third-order valence-electron chi connectivity index (χ3n) is 3.31. The number of benzene rings is 2. The molecule has 0 aliphatic rings. The molecule has 2 aromatic carbocycles. The highest BCUT2D eigenvalue weighted by atomic mass is 32.2. The van der Waals surface area contributed by atoms with Gasteiger partial charge in [-0.05, 0) is 42.8 Å². The Labute approximate surface area is 158 Å². The lowest BCUT2D eigenvalue weighted by Gasteiger charge is -2.08. The number of hydrogen-bond acceptors (Lipinski definition) is 7. The van der Waals surface area contributed by atoms with Gasteiger partial charge in [-0.25, -0.2) is 4.79 Å². The molecule has 0 aliphatic carbocycles. The lowest BCUT2D eigenvalue weighted by Crippen LogP contribution is -2.21. The number of esters is 1. The maximum absolute atomic E-state index is 12.2. The Morgan fingerprint density at radius 1 is 1.12 bits per heavy atom. The molecule has 0 saturated carbocycles. The summed E-state index contributed by atoms with van der Waals surface area (Å²) in [5.74, 6) is -1.44. The van der Waals surface area contributed by atoms with Crippen LogP contribution in [0.2, 0.25) is 0 Å². The highest BCUT2D eigenvalue weighted by Gasteiger charge is 2.22. The van der Waals surface area contributed by atoms with Crippen molar-refractivity contribution in [3.8, 4) is 0 Å². The summed E-state index contributed by atoms with van der Waals surface area (Å²) in [4.78, 5) is 36.2. The van der Waals surface area contributed by atoms with Gasteiger partial charge in [0.2, 0.25) is 0 Å². The number of hydrogen-bond donors (Lipinski definition) is 1. The number of nitro benzene ring substituents is 1. The first-order valence-corrected chi connectivity index (χ1v) is 9.83. The minimum absolute atomic E-state index is 0.181. The van der Waals surface area contributed by atoms with Gasteiger partial charge in [-0.2, -0.15) is 0 Å². The SMILES string of the molecule is CSc1cccc(NC(=O)COC(=O)c2cc(SC)ccc2[N+](=O)[O-])c1. The molecule has 136 valence electrons. The number of nitrogens with one attached hydrogen (secondary N) is 1. The van der Waals surface area contributed by atoms with Crippen molar-refractivity contribution in [3.05, 3.63) is 58.1 Å². The summed E-state index contributed by atoms with van der Waals surface area (Å²) in [7, 11) is 0. The molecular formula is C17H16N2O5S2. The molecule has 0 saturated heterocycles. The average Bonchev–Trinajstić information content (AvgIpc) is 2.65. The van der Waals surface area contributed by atoms with E-state index in [-0.39, 0.29) is 11.3 Å². The van der Waals surface area contributed by atoms with E-state index < -0.39 is 23.4 Å². The van der Waals surface area contributed by atoms with Crippen LogP contribution in [0.4, 0.5) is 11.4 Å². The Kier molecular flexibility index (Phi) is 7.05. The standard InChI is InChI=1S/C17H16N2O5S2/c1-25-12-5-3-4-11(8-12)18-16(20)10-24-17(21)14-9-13(26-2)6-7-15(14)19(22)23/h3-9H,10H2,1-2H3,(H,18,20). The molecule has 0 heterocycles. The third kappa shape index (κ3) is 5.24. The topological polar surface area (TPSA) is 98.5 Å². The largest absolute Gasteiger partial charge is 0.452 e. The molecule has 0 radical (unpaired) electrons. The zero-order valence-electron chi connectivity index (χ0n) is 14.1. The van der Waals surface area contributed by atoms with Crippen LogP contribution in [-0.4, -0.2) is 35.9 Å². The van der Waals surface area contributed by atoms with E-state index in [2.05, 4.69) is 5.32 Å². The number of nitrogens with zero attached hydrogens (tertiary/aromatic N) is 1. The van der Waals surface area contributed by atoms with Crippen LogP contribution < -0.4 is 5.32 Å². The van der Waals surface area contributed by atoms with E-state index in [1.165, 1.54) is 35.7 Å². The van der Waals surface area contributed by atoms with Gasteiger partial charge in [0, 0.05) is 21.5 Å². The smallest absolute Gasteiger partial charge is 0.345 e. The quantitative estimate of drug-likeness (QED) is 0.331. The summed E-state index contributed by atoms with van der Waals surface area (Å²) in [6.45, 7) is -0.539. The van der Waals surface area contributed by atoms with E-state index in [9.17, 15) is 19.7 Å². The van der Waals surface area contributed by atoms with Gasteiger partial charge in [-0.1, -0.05) is 6.07 Å². The van der Waals surface area contributed by atoms with Gasteiger partial charge in [-0.15, -0.1) is 23.5 Å². The molecule has 7 nitrogen and oxygen atoms in total. The summed E-state index contributed by atoms with van der Waals surface area (Å²) >= 11 is 2.87. The first kappa shape index (κ1) is 19.8. The fraction of sp³-hybridized carbons (Fsp3) is 0.176. The molecule has 0 atom stereocenters. The predicted octanol–water partition coefficient (Wildman–Crippen LogP) is 3.83. The predicted molar refractivity (Wildman–Crippen MR) is 102 cm³/mol. The molecule has 9 heteroatoms. The van der Waals surface area contributed by atoms with E-state index in [1.807, 2.05) is 12.3 Å². The average molecular weight is 392 g/mol. The molecule has 0 aromatic heterocycles. The number of thioether (sulfide) groups is 2. The molecular weight excluding hydrogens is 376 g/mol. The molecule has 2 aromatic rings. The molecule has 0 fully saturated rings. The van der Waals surface area contributed by atoms with Crippen LogP contribution in [0.1, 0.15) is 10.4 Å². The van der Waals surface area contributed by atoms with E-state index in [0.29, 0.717) is 10.6 Å². The second kappa shape index (κ2) is 9.25. The van der Waals surface area contributed by atoms with Gasteiger partial charge in [-0.3, -0.25) is 14.9 Å². The summed E-state index contributed by atoms with van der Waals surface area (Å²) in [5.41, 5.74) is 0.0353. The van der Waals surface area contributed by atoms with Gasteiger partial charge < -0.3 is 10.1 Å². The monoisotopic (exact) mass is 392 g/mol. The molecule has 0 spiro atoms. The summed E-state index contributed by atoms with van der Waals surface area (Å²) in [6, 6.07) is 11.4. The Morgan fingerprint density at radius 2 is 1.81 bits per heavy atom. The maximum atomic E-state index is 12.2. The molecule has 0 unspecified atom stereocenters. The van der Waals surface area contributed by atoms with Crippen molar-refractivity contribution in [2.24, 2.45) is 0 Å². The van der Waals surface area contributed by atoms with Crippen molar-refractivity contribution in [3.63, 3.8) is 0 Å². The highest BCUT2D eigenvalue weighted by molar-refractivity contribution is 7.98. The van der Waals surface area contributed by atoms with Gasteiger partial charge in [0.15, 0.2) is 6.61 Å². The molecule has 26 heavy (non-hydrogen) atoms. The Balaban J connectivity index is 2.03. The second-order valence-corrected chi connectivity index (χ2v) is 6.76. The first-order chi connectivity index (χ1) is 12.4. The minimum Gasteiger partial charge on any atom is -0.452 e. The summed E-state index contributed by atoms with van der Waals surface area (Å²) < 4.78 is 4.94. The van der Waals surface area contributed by atoms with E-state index in [4.69, 9.17) is 4.74 Å². The molecule has 0 bridgehead atoms. The maximum Gasteiger partial charge on any atom is 0.345 e. The van der Waals surface area contributed by atoms with Gasteiger partial charge in [0.25, 0.3) is 11.6 Å². The Hall–Kier alpha value is -2.52. The Morgan fingerprint density at radius 3 is 2.46 bits per heavy atom. The van der Waals surface area contributed by atoms with Crippen molar-refractivity contribution in [1.29, 1.82) is 0 Å². The van der Waals surface area contributed by atoms with Crippen LogP contribution in [0, 0.1) is 10.1 Å². The summed E-state index contributed by atoms with van der Waals surface area (Å²) in [6.07, 6.45) is 3.70. The Bertz CT molecular complexity index is 842. The zero-order chi connectivity index (χ0) is 19.1. The fourth-order valence-electron chi connectivity index (χ4n) is 2.07. The molecule has 2 rings (SSSR count). The minimum atomic E-state index is -0.916. The number of rotatable bonds is 7. The van der Waals surface area contributed by atoms with Crippen LogP contribution in [0.25, 0.3) is 0 Å². The molecule has 0 aliphatic heterocycles. The number of ether oxygens (including phenoxy) is 1. The van der Waals surface area contributed by atoms with Crippen molar-refractivity contribution in [2.45, 2.75) is 9.79 Å². The zero-order valence-corrected chi connectivity index (χ0v) is 15.7. The van der Waals surface area contributed by atoms with Crippen LogP contribution in [0.15, 0.2) is 52.3 Å². The second-order valence-electron chi connectivity index (χ2n) is 5.00. The molecule has 1 amide bonds. The van der Waals surface area contributed by atoms with E-state index in [0.717, 1.165) is 4.90 Å². The normalized spacial score (nSPS) is 10.2. The summed E-state index contributed by atoms with van der Waals surface area (Å²) in [5, 5.41) is 13.7. The fourth-order valence-corrected chi connectivity index (χ4v) is 2.97. The van der Waals surface area contributed by atoms with Crippen molar-refractivity contribution < 1.29 is 19.2 Å². The van der Waals surface area contributed by atoms with Crippen LogP contribution >= 0.6 is 23.5 Å². The first-order valence-electron chi connectivity index (χ1n) is 7.38. The number of carbonyl (C=O) groups excluding carboxylic acids is 2. The van der Waals surface area contributed by atoms with Gasteiger partial charge >= 0.3 is 5.97 Å². The number of carbonyl (C=O) groups is 2. The highest BCUT2D eigenvalue weighted by Crippen LogP contribution is 2.25. The van der Waals surface area contributed by atoms with Crippen LogP contribution in [-0.2, 0) is 9.53 Å². The van der Waals surface area contributed by atoms with Crippen molar-refractivity contribution in [2.75, 3.05) is 24.4 Å². The number of nitro groups is 1. The lowest BCUT2D eigenvalue weighted by molar-refractivity contribution is -0.385. The van der Waals surface area contributed by atoms with Gasteiger partial charge in [0.05, 0.1) is 4.92 Å². The van der Waals surface area contributed by atoms with E-state index in [1.54, 1.807) is 30.5 Å². The number of amides is 1. The van der Waals surface area contributed by atoms with Crippen LogP contribution in [0.5, 0.6) is 0 Å². The third-order valence-corrected chi connectivity index (χ3v) is 4.76.